The Morgan fingerprint density at radius 1 is 0.805 bits per heavy atom. The maximum Gasteiger partial charge on any atom is 0.151 e. The Kier molecular flexibility index (Phi) is 24.3. The lowest BCUT2D eigenvalue weighted by Gasteiger charge is -2.20. The predicted molar refractivity (Wildman–Crippen MR) is 181 cm³/mol. The Labute approximate surface area is 257 Å². The summed E-state index contributed by atoms with van der Waals surface area (Å²) in [7, 11) is 3.93. The third-order valence-corrected chi connectivity index (χ3v) is 8.02. The van der Waals surface area contributed by atoms with Crippen LogP contribution in [0, 0.1) is 6.92 Å². The average molecular weight is 587 g/mol. The molecular weight excluding hydrogens is 524 g/mol. The van der Waals surface area contributed by atoms with E-state index in [0.29, 0.717) is 0 Å². The highest BCUT2D eigenvalue weighted by Gasteiger charge is 2.02. The molecule has 0 bridgehead atoms. The van der Waals surface area contributed by atoms with Crippen molar-refractivity contribution in [1.82, 2.24) is 24.7 Å². The van der Waals surface area contributed by atoms with Crippen LogP contribution in [0.15, 0.2) is 46.6 Å². The topological polar surface area (TPSA) is 49.6 Å². The first kappa shape index (κ1) is 37.0. The van der Waals surface area contributed by atoms with Crippen LogP contribution in [-0.2, 0) is 0 Å². The lowest BCUT2D eigenvalue weighted by Crippen LogP contribution is -2.25. The van der Waals surface area contributed by atoms with Gasteiger partial charge in [0.15, 0.2) is 5.82 Å². The molecule has 234 valence electrons. The minimum atomic E-state index is 0.780. The second kappa shape index (κ2) is 26.9. The summed E-state index contributed by atoms with van der Waals surface area (Å²) in [5.41, 5.74) is 0.904. The average Bonchev–Trinajstić information content (AvgIpc) is 3.67. The number of thiophene rings is 1. The molecule has 0 spiro atoms. The van der Waals surface area contributed by atoms with E-state index in [1.807, 2.05) is 68.0 Å². The Morgan fingerprint density at radius 3 is 1.56 bits per heavy atom. The van der Waals surface area contributed by atoms with Crippen molar-refractivity contribution < 1.29 is 0 Å². The molecule has 1 aliphatic heterocycles. The maximum atomic E-state index is 4.29. The molecule has 7 heteroatoms. The highest BCUT2D eigenvalue weighted by atomic mass is 32.1. The van der Waals surface area contributed by atoms with E-state index in [1.165, 1.54) is 129 Å². The molecule has 6 nitrogen and oxygen atoms in total. The van der Waals surface area contributed by atoms with Gasteiger partial charge >= 0.3 is 0 Å². The van der Waals surface area contributed by atoms with Crippen LogP contribution in [0.3, 0.4) is 0 Å². The van der Waals surface area contributed by atoms with E-state index in [-0.39, 0.29) is 0 Å². The molecule has 0 aliphatic carbocycles. The summed E-state index contributed by atoms with van der Waals surface area (Å²) in [4.78, 5) is 4.64. The van der Waals surface area contributed by atoms with Crippen LogP contribution in [-0.4, -0.2) is 64.1 Å². The van der Waals surface area contributed by atoms with E-state index in [4.69, 9.17) is 0 Å². The minimum Gasteiger partial charge on any atom is -0.383 e. The second-order valence-corrected chi connectivity index (χ2v) is 12.3. The molecule has 0 aromatic carbocycles. The standard InChI is InChI=1S/C21H43N.C9H15N5.C4H4S/c1-2-22-20-18-16-14-12-10-8-6-4-3-5-7-9-11-13-15-17-19-21-22;1-8(5-6-13(3)4)12-14-7-10-11-9(14)2;1-2-4-5-3-1/h2-21H2,1H3;5-7H,1-4H3;1-4H/b;6-5+,12-8+;. The van der Waals surface area contributed by atoms with E-state index in [0.717, 1.165) is 11.5 Å². The van der Waals surface area contributed by atoms with Gasteiger partial charge in [-0.25, -0.2) is 4.68 Å². The third kappa shape index (κ3) is 23.3. The Morgan fingerprint density at radius 2 is 1.24 bits per heavy atom. The van der Waals surface area contributed by atoms with Gasteiger partial charge in [0.05, 0.1) is 5.71 Å². The van der Waals surface area contributed by atoms with Gasteiger partial charge in [-0.3, -0.25) is 0 Å². The van der Waals surface area contributed by atoms with E-state index in [1.54, 1.807) is 22.3 Å². The molecule has 3 rings (SSSR count). The highest BCUT2D eigenvalue weighted by molar-refractivity contribution is 7.07. The first-order valence-electron chi connectivity index (χ1n) is 16.5. The summed E-state index contributed by atoms with van der Waals surface area (Å²) in [6, 6.07) is 4.04. The van der Waals surface area contributed by atoms with Crippen molar-refractivity contribution in [2.75, 3.05) is 33.7 Å². The number of allylic oxidation sites excluding steroid dienone is 1. The Hall–Kier alpha value is -1.99. The predicted octanol–water partition coefficient (Wildman–Crippen LogP) is 9.59. The molecule has 0 atom stereocenters. The molecule has 1 aliphatic rings. The zero-order valence-electron chi connectivity index (χ0n) is 27.3. The van der Waals surface area contributed by atoms with Crippen molar-refractivity contribution in [2.24, 2.45) is 5.10 Å². The molecule has 41 heavy (non-hydrogen) atoms. The van der Waals surface area contributed by atoms with Gasteiger partial charge in [0.25, 0.3) is 0 Å². The number of aryl methyl sites for hydroxylation is 1. The van der Waals surface area contributed by atoms with Crippen molar-refractivity contribution in [3.05, 3.63) is 47.3 Å². The molecule has 2 aromatic heterocycles. The zero-order chi connectivity index (χ0) is 29.8. The molecule has 0 saturated carbocycles. The SMILES string of the molecule is CC(/C=C/N(C)C)=N\n1cnnc1C.CCN1CCCCCCCCCCCCCCCCCCC1.c1ccsc1. The van der Waals surface area contributed by atoms with Crippen molar-refractivity contribution in [2.45, 2.75) is 130 Å². The zero-order valence-corrected chi connectivity index (χ0v) is 28.1. The van der Waals surface area contributed by atoms with E-state index in [9.17, 15) is 0 Å². The van der Waals surface area contributed by atoms with Gasteiger partial charge in [0, 0.05) is 20.3 Å². The summed E-state index contributed by atoms with van der Waals surface area (Å²) in [5, 5.41) is 15.9. The molecule has 0 unspecified atom stereocenters. The highest BCUT2D eigenvalue weighted by Crippen LogP contribution is 2.15. The van der Waals surface area contributed by atoms with Gasteiger partial charge in [-0.1, -0.05) is 115 Å². The first-order chi connectivity index (χ1) is 20.0. The van der Waals surface area contributed by atoms with Gasteiger partial charge in [0.2, 0.25) is 0 Å². The number of hydrogen-bond donors (Lipinski definition) is 0. The van der Waals surface area contributed by atoms with Gasteiger partial charge < -0.3 is 9.80 Å². The largest absolute Gasteiger partial charge is 0.383 e. The fourth-order valence-corrected chi connectivity index (χ4v) is 5.28. The fraction of sp³-hybridized carbons (Fsp3) is 0.735. The molecule has 2 aromatic rings. The van der Waals surface area contributed by atoms with Crippen molar-refractivity contribution >= 4 is 17.0 Å². The summed E-state index contributed by atoms with van der Waals surface area (Å²) < 4.78 is 1.65. The van der Waals surface area contributed by atoms with Crippen LogP contribution in [0.4, 0.5) is 0 Å². The first-order valence-corrected chi connectivity index (χ1v) is 17.4. The summed E-state index contributed by atoms with van der Waals surface area (Å²) >= 11 is 1.71. The second-order valence-electron chi connectivity index (χ2n) is 11.5. The number of aromatic nitrogens is 3. The van der Waals surface area contributed by atoms with Crippen molar-refractivity contribution in [1.29, 1.82) is 0 Å². The molecule has 0 radical (unpaired) electrons. The Bertz CT molecular complexity index is 821. The fourth-order valence-electron chi connectivity index (χ4n) is 4.82. The van der Waals surface area contributed by atoms with Gasteiger partial charge in [-0.05, 0) is 63.2 Å². The van der Waals surface area contributed by atoms with Gasteiger partial charge in [0.1, 0.15) is 6.33 Å². The molecule has 3 heterocycles. The normalized spacial score (nSPS) is 18.0. The van der Waals surface area contributed by atoms with Crippen LogP contribution < -0.4 is 0 Å². The quantitative estimate of drug-likeness (QED) is 0.335. The number of rotatable bonds is 4. The van der Waals surface area contributed by atoms with Gasteiger partial charge in [-0.15, -0.1) is 10.2 Å². The van der Waals surface area contributed by atoms with E-state index >= 15 is 0 Å². The number of hydrogen-bond acceptors (Lipinski definition) is 6. The van der Waals surface area contributed by atoms with Crippen molar-refractivity contribution in [3.8, 4) is 0 Å². The monoisotopic (exact) mass is 586 g/mol. The van der Waals surface area contributed by atoms with Crippen LogP contribution in [0.2, 0.25) is 0 Å². The van der Waals surface area contributed by atoms with E-state index in [2.05, 4.69) is 27.1 Å². The van der Waals surface area contributed by atoms with Crippen molar-refractivity contribution in [3.63, 3.8) is 0 Å². The lowest BCUT2D eigenvalue weighted by molar-refractivity contribution is 0.273. The smallest absolute Gasteiger partial charge is 0.151 e. The van der Waals surface area contributed by atoms with Crippen LogP contribution in [0.25, 0.3) is 0 Å². The van der Waals surface area contributed by atoms with Crippen LogP contribution >= 0.6 is 11.3 Å². The molecule has 0 N–H and O–H groups in total. The maximum absolute atomic E-state index is 4.29. The van der Waals surface area contributed by atoms with Crippen LogP contribution in [0.5, 0.6) is 0 Å². The Balaban J connectivity index is 0.000000372. The van der Waals surface area contributed by atoms with E-state index < -0.39 is 0 Å². The summed E-state index contributed by atoms with van der Waals surface area (Å²) in [6.07, 6.45) is 30.5. The lowest BCUT2D eigenvalue weighted by atomic mass is 10.0. The minimum absolute atomic E-state index is 0.780. The third-order valence-electron chi connectivity index (χ3n) is 7.40. The molecule has 0 amide bonds. The summed E-state index contributed by atoms with van der Waals surface area (Å²) in [6.45, 7) is 10.1. The molecular formula is C34H62N6S. The number of nitrogens with zero attached hydrogens (tertiary/aromatic N) is 6. The summed E-state index contributed by atoms with van der Waals surface area (Å²) in [5.74, 6) is 0.780. The van der Waals surface area contributed by atoms with Crippen LogP contribution in [0.1, 0.15) is 129 Å². The molecule has 1 saturated heterocycles. The van der Waals surface area contributed by atoms with Gasteiger partial charge in [-0.2, -0.15) is 16.4 Å². The molecule has 1 fully saturated rings.